The van der Waals surface area contributed by atoms with Crippen molar-refractivity contribution < 1.29 is 9.18 Å². The lowest BCUT2D eigenvalue weighted by Crippen LogP contribution is -2.39. The third-order valence-electron chi connectivity index (χ3n) is 2.79. The molecule has 1 aliphatic rings. The van der Waals surface area contributed by atoms with E-state index < -0.39 is 5.41 Å². The van der Waals surface area contributed by atoms with Crippen molar-refractivity contribution in [1.82, 2.24) is 5.43 Å². The Kier molecular flexibility index (Phi) is 2.52. The Bertz CT molecular complexity index is 418. The first kappa shape index (κ1) is 10.6. The van der Waals surface area contributed by atoms with E-state index in [1.165, 1.54) is 6.07 Å². The van der Waals surface area contributed by atoms with Crippen molar-refractivity contribution in [3.8, 4) is 0 Å². The molecule has 15 heavy (non-hydrogen) atoms. The fraction of sp³-hybridized carbons (Fsp3) is 0.300. The van der Waals surface area contributed by atoms with E-state index in [1.807, 2.05) is 0 Å². The van der Waals surface area contributed by atoms with Crippen molar-refractivity contribution in [3.05, 3.63) is 34.1 Å². The average Bonchev–Trinajstić information content (AvgIpc) is 3.02. The van der Waals surface area contributed by atoms with Crippen molar-refractivity contribution in [2.45, 2.75) is 18.3 Å². The van der Waals surface area contributed by atoms with Crippen LogP contribution in [-0.4, -0.2) is 5.91 Å². The molecule has 1 fully saturated rings. The van der Waals surface area contributed by atoms with Crippen LogP contribution in [-0.2, 0) is 10.2 Å². The van der Waals surface area contributed by atoms with Gasteiger partial charge < -0.3 is 0 Å². The lowest BCUT2D eigenvalue weighted by atomic mass is 9.95. The van der Waals surface area contributed by atoms with Crippen molar-refractivity contribution in [2.24, 2.45) is 5.84 Å². The van der Waals surface area contributed by atoms with Gasteiger partial charge >= 0.3 is 0 Å². The predicted octanol–water partition coefficient (Wildman–Crippen LogP) is 1.61. The molecule has 0 spiro atoms. The second-order valence-electron chi connectivity index (χ2n) is 3.68. The van der Waals surface area contributed by atoms with Gasteiger partial charge in [0.05, 0.1) is 9.89 Å². The highest BCUT2D eigenvalue weighted by Gasteiger charge is 2.51. The van der Waals surface area contributed by atoms with E-state index in [1.54, 1.807) is 12.1 Å². The molecule has 1 amide bonds. The first-order valence-electron chi connectivity index (χ1n) is 4.57. The summed E-state index contributed by atoms with van der Waals surface area (Å²) in [5.41, 5.74) is 2.21. The van der Waals surface area contributed by atoms with Gasteiger partial charge in [0.25, 0.3) is 0 Å². The molecule has 5 heteroatoms. The molecule has 0 saturated heterocycles. The van der Waals surface area contributed by atoms with Gasteiger partial charge in [-0.2, -0.15) is 0 Å². The Hall–Kier alpha value is -0.940. The topological polar surface area (TPSA) is 55.1 Å². The van der Waals surface area contributed by atoms with Crippen LogP contribution in [0.4, 0.5) is 4.39 Å². The minimum Gasteiger partial charge on any atom is -0.293 e. The molecular weight excluding hydrogens is 263 g/mol. The van der Waals surface area contributed by atoms with E-state index in [0.29, 0.717) is 10.0 Å². The molecule has 1 saturated carbocycles. The number of amides is 1. The zero-order valence-corrected chi connectivity index (χ0v) is 9.47. The normalized spacial score (nSPS) is 17.3. The largest absolute Gasteiger partial charge is 0.293 e. The average molecular weight is 273 g/mol. The van der Waals surface area contributed by atoms with Gasteiger partial charge in [-0.3, -0.25) is 10.2 Å². The second-order valence-corrected chi connectivity index (χ2v) is 4.54. The predicted molar refractivity (Wildman–Crippen MR) is 57.3 cm³/mol. The summed E-state index contributed by atoms with van der Waals surface area (Å²) in [5.74, 6) is 4.50. The summed E-state index contributed by atoms with van der Waals surface area (Å²) in [6, 6.07) is 4.73. The number of benzene rings is 1. The molecule has 1 aromatic rings. The molecule has 0 bridgehead atoms. The molecule has 0 aliphatic heterocycles. The molecule has 0 heterocycles. The Morgan fingerprint density at radius 3 is 2.67 bits per heavy atom. The van der Waals surface area contributed by atoms with Crippen molar-refractivity contribution in [3.63, 3.8) is 0 Å². The molecule has 1 aliphatic carbocycles. The van der Waals surface area contributed by atoms with Gasteiger partial charge in [0.15, 0.2) is 0 Å². The Labute approximate surface area is 94.9 Å². The molecule has 80 valence electrons. The molecular formula is C10H10BrFN2O. The number of hydrogen-bond donors (Lipinski definition) is 2. The van der Waals surface area contributed by atoms with Gasteiger partial charge in [-0.25, -0.2) is 10.2 Å². The van der Waals surface area contributed by atoms with E-state index in [9.17, 15) is 9.18 Å². The van der Waals surface area contributed by atoms with Gasteiger partial charge in [-0.15, -0.1) is 0 Å². The summed E-state index contributed by atoms with van der Waals surface area (Å²) in [5, 5.41) is 0. The maximum atomic E-state index is 13.3. The van der Waals surface area contributed by atoms with Gasteiger partial charge in [-0.05, 0) is 46.5 Å². The second kappa shape index (κ2) is 3.57. The van der Waals surface area contributed by atoms with Gasteiger partial charge in [-0.1, -0.05) is 6.07 Å². The van der Waals surface area contributed by atoms with Gasteiger partial charge in [0, 0.05) is 0 Å². The van der Waals surface area contributed by atoms with Crippen molar-refractivity contribution in [1.29, 1.82) is 0 Å². The fourth-order valence-corrected chi connectivity index (χ4v) is 1.95. The quantitative estimate of drug-likeness (QED) is 0.488. The van der Waals surface area contributed by atoms with Crippen LogP contribution < -0.4 is 11.3 Å². The Morgan fingerprint density at radius 2 is 2.20 bits per heavy atom. The number of rotatable bonds is 2. The van der Waals surface area contributed by atoms with Gasteiger partial charge in [0.2, 0.25) is 5.91 Å². The summed E-state index contributed by atoms with van der Waals surface area (Å²) in [7, 11) is 0. The molecule has 3 nitrogen and oxygen atoms in total. The Morgan fingerprint density at radius 1 is 1.53 bits per heavy atom. The Balaban J connectivity index is 2.38. The highest BCUT2D eigenvalue weighted by atomic mass is 79.9. The molecule has 0 aromatic heterocycles. The number of carbonyl (C=O) groups is 1. The van der Waals surface area contributed by atoms with E-state index >= 15 is 0 Å². The molecule has 2 rings (SSSR count). The van der Waals surface area contributed by atoms with Gasteiger partial charge in [0.1, 0.15) is 5.82 Å². The number of hydrogen-bond acceptors (Lipinski definition) is 2. The van der Waals surface area contributed by atoms with Crippen LogP contribution in [0, 0.1) is 5.82 Å². The van der Waals surface area contributed by atoms with E-state index in [-0.39, 0.29) is 11.7 Å². The van der Waals surface area contributed by atoms with Crippen molar-refractivity contribution >= 4 is 21.8 Å². The number of hydrazine groups is 1. The van der Waals surface area contributed by atoms with E-state index in [4.69, 9.17) is 5.84 Å². The summed E-state index contributed by atoms with van der Waals surface area (Å²) < 4.78 is 13.7. The first-order valence-corrected chi connectivity index (χ1v) is 5.36. The molecule has 0 atom stereocenters. The zero-order valence-electron chi connectivity index (χ0n) is 7.89. The highest BCUT2D eigenvalue weighted by molar-refractivity contribution is 9.10. The van der Waals surface area contributed by atoms with Crippen LogP contribution in [0.25, 0.3) is 0 Å². The number of nitrogens with one attached hydrogen (secondary N) is 1. The first-order chi connectivity index (χ1) is 7.10. The molecule has 3 N–H and O–H groups in total. The third kappa shape index (κ3) is 1.66. The fourth-order valence-electron chi connectivity index (χ4n) is 1.70. The lowest BCUT2D eigenvalue weighted by molar-refractivity contribution is -0.123. The van der Waals surface area contributed by atoms with Crippen LogP contribution in [0.3, 0.4) is 0 Å². The highest BCUT2D eigenvalue weighted by Crippen LogP contribution is 2.48. The number of halogens is 2. The maximum Gasteiger partial charge on any atom is 0.244 e. The number of carbonyl (C=O) groups excluding carboxylic acids is 1. The molecule has 1 aromatic carbocycles. The maximum absolute atomic E-state index is 13.3. The van der Waals surface area contributed by atoms with Crippen LogP contribution >= 0.6 is 15.9 Å². The van der Waals surface area contributed by atoms with Crippen molar-refractivity contribution in [2.75, 3.05) is 0 Å². The molecule has 0 radical (unpaired) electrons. The van der Waals surface area contributed by atoms with Crippen LogP contribution in [0.2, 0.25) is 0 Å². The van der Waals surface area contributed by atoms with Crippen LogP contribution in [0.1, 0.15) is 18.4 Å². The standard InChI is InChI=1S/C10H10BrFN2O/c11-7-2-1-6(5-8(7)12)10(3-4-10)9(15)14-13/h1-2,5H,3-4,13H2,(H,14,15). The SMILES string of the molecule is NNC(=O)C1(c2ccc(Br)c(F)c2)CC1. The van der Waals surface area contributed by atoms with Crippen LogP contribution in [0.15, 0.2) is 22.7 Å². The number of nitrogens with two attached hydrogens (primary N) is 1. The zero-order chi connectivity index (χ0) is 11.1. The van der Waals surface area contributed by atoms with Crippen LogP contribution in [0.5, 0.6) is 0 Å². The monoisotopic (exact) mass is 272 g/mol. The summed E-state index contributed by atoms with van der Waals surface area (Å²) >= 11 is 3.07. The van der Waals surface area contributed by atoms with E-state index in [0.717, 1.165) is 12.8 Å². The summed E-state index contributed by atoms with van der Waals surface area (Å²) in [4.78, 5) is 11.5. The third-order valence-corrected chi connectivity index (χ3v) is 3.43. The summed E-state index contributed by atoms with van der Waals surface area (Å²) in [6.07, 6.45) is 1.44. The molecule has 0 unspecified atom stereocenters. The minimum absolute atomic E-state index is 0.246. The van der Waals surface area contributed by atoms with E-state index in [2.05, 4.69) is 21.4 Å². The minimum atomic E-state index is -0.601. The summed E-state index contributed by atoms with van der Waals surface area (Å²) in [6.45, 7) is 0. The lowest BCUT2D eigenvalue weighted by Gasteiger charge is -2.13. The smallest absolute Gasteiger partial charge is 0.244 e.